The zero-order chi connectivity index (χ0) is 16.0. The van der Waals surface area contributed by atoms with E-state index in [1.165, 1.54) is 25.1 Å². The third-order valence-electron chi connectivity index (χ3n) is 2.64. The second-order valence-corrected chi connectivity index (χ2v) is 4.31. The van der Waals surface area contributed by atoms with Crippen LogP contribution < -0.4 is 5.32 Å². The monoisotopic (exact) mass is 293 g/mol. The molecule has 0 aliphatic heterocycles. The molecule has 7 heteroatoms. The Morgan fingerprint density at radius 2 is 1.81 bits per heavy atom. The normalized spacial score (nSPS) is 9.81. The molecule has 0 aliphatic rings. The summed E-state index contributed by atoms with van der Waals surface area (Å²) in [7, 11) is 1.14. The minimum atomic E-state index is -1.31. The largest absolute Gasteiger partial charge is 0.478 e. The number of ether oxygens (including phenoxy) is 1. The molecular formula is C14H15NO6. The summed E-state index contributed by atoms with van der Waals surface area (Å²) < 4.78 is 4.49. The molecule has 7 nitrogen and oxygen atoms in total. The van der Waals surface area contributed by atoms with E-state index in [1.54, 1.807) is 0 Å². The maximum atomic E-state index is 11.6. The van der Waals surface area contributed by atoms with Gasteiger partial charge >= 0.3 is 11.9 Å². The fourth-order valence-corrected chi connectivity index (χ4v) is 1.60. The van der Waals surface area contributed by atoms with E-state index in [-0.39, 0.29) is 35.4 Å². The first kappa shape index (κ1) is 16.4. The number of rotatable bonds is 6. The molecule has 21 heavy (non-hydrogen) atoms. The van der Waals surface area contributed by atoms with Crippen LogP contribution in [-0.4, -0.2) is 35.8 Å². The number of Topliss-reactive ketones (excluding diaryl/α,β-unsaturated/α-hetero) is 1. The van der Waals surface area contributed by atoms with Crippen molar-refractivity contribution in [1.82, 2.24) is 0 Å². The molecule has 0 saturated carbocycles. The van der Waals surface area contributed by atoms with E-state index in [1.807, 2.05) is 0 Å². The van der Waals surface area contributed by atoms with Crippen LogP contribution in [0.15, 0.2) is 18.2 Å². The van der Waals surface area contributed by atoms with Gasteiger partial charge in [0.15, 0.2) is 0 Å². The highest BCUT2D eigenvalue weighted by Crippen LogP contribution is 2.17. The molecule has 1 amide bonds. The Labute approximate surface area is 120 Å². The lowest BCUT2D eigenvalue weighted by Gasteiger charge is -2.08. The van der Waals surface area contributed by atoms with Crippen LogP contribution in [0.2, 0.25) is 0 Å². The number of methoxy groups -OCH3 is 1. The van der Waals surface area contributed by atoms with Crippen LogP contribution in [0.1, 0.15) is 40.5 Å². The lowest BCUT2D eigenvalue weighted by atomic mass is 10.1. The van der Waals surface area contributed by atoms with Crippen molar-refractivity contribution >= 4 is 29.3 Å². The van der Waals surface area contributed by atoms with Crippen molar-refractivity contribution in [3.63, 3.8) is 0 Å². The molecule has 0 aromatic heterocycles. The molecule has 1 aromatic carbocycles. The maximum absolute atomic E-state index is 11.6. The Morgan fingerprint density at radius 1 is 1.14 bits per heavy atom. The lowest BCUT2D eigenvalue weighted by Crippen LogP contribution is -2.15. The average Bonchev–Trinajstić information content (AvgIpc) is 2.44. The highest BCUT2D eigenvalue weighted by Gasteiger charge is 2.18. The van der Waals surface area contributed by atoms with Crippen LogP contribution in [0.4, 0.5) is 5.69 Å². The van der Waals surface area contributed by atoms with E-state index in [0.29, 0.717) is 0 Å². The molecular weight excluding hydrogens is 278 g/mol. The summed E-state index contributed by atoms with van der Waals surface area (Å²) in [5, 5.41) is 11.5. The fraction of sp³-hybridized carbons (Fsp3) is 0.286. The van der Waals surface area contributed by atoms with Crippen LogP contribution in [0, 0.1) is 0 Å². The third kappa shape index (κ3) is 4.72. The summed E-state index contributed by atoms with van der Waals surface area (Å²) in [5.41, 5.74) is -0.147. The first-order valence-corrected chi connectivity index (χ1v) is 6.10. The molecule has 0 unspecified atom stereocenters. The summed E-state index contributed by atoms with van der Waals surface area (Å²) in [4.78, 5) is 44.9. The number of aromatic carboxylic acids is 1. The van der Waals surface area contributed by atoms with Crippen molar-refractivity contribution in [2.75, 3.05) is 12.4 Å². The van der Waals surface area contributed by atoms with Crippen LogP contribution in [0.5, 0.6) is 0 Å². The predicted molar refractivity (Wildman–Crippen MR) is 73.3 cm³/mol. The molecule has 0 atom stereocenters. The van der Waals surface area contributed by atoms with Crippen molar-refractivity contribution in [3.8, 4) is 0 Å². The van der Waals surface area contributed by atoms with Gasteiger partial charge in [-0.1, -0.05) is 0 Å². The summed E-state index contributed by atoms with van der Waals surface area (Å²) in [6.07, 6.45) is 0.119. The first-order valence-electron chi connectivity index (χ1n) is 6.10. The molecule has 0 fully saturated rings. The van der Waals surface area contributed by atoms with Crippen LogP contribution in [0.25, 0.3) is 0 Å². The van der Waals surface area contributed by atoms with E-state index in [9.17, 15) is 19.2 Å². The number of ketones is 1. The van der Waals surface area contributed by atoms with E-state index in [4.69, 9.17) is 5.11 Å². The number of esters is 1. The topological polar surface area (TPSA) is 110 Å². The number of hydrogen-bond acceptors (Lipinski definition) is 5. The highest BCUT2D eigenvalue weighted by atomic mass is 16.5. The first-order chi connectivity index (χ1) is 9.85. The van der Waals surface area contributed by atoms with Gasteiger partial charge in [0.2, 0.25) is 5.91 Å². The quantitative estimate of drug-likeness (QED) is 0.769. The summed E-state index contributed by atoms with van der Waals surface area (Å²) in [6.45, 7) is 1.38. The molecule has 2 N–H and O–H groups in total. The number of hydrogen-bond donors (Lipinski definition) is 2. The number of carboxylic acids is 1. The smallest absolute Gasteiger partial charge is 0.338 e. The fourth-order valence-electron chi connectivity index (χ4n) is 1.60. The maximum Gasteiger partial charge on any atom is 0.338 e. The molecule has 112 valence electrons. The molecule has 1 rings (SSSR count). The zero-order valence-corrected chi connectivity index (χ0v) is 11.6. The van der Waals surface area contributed by atoms with Gasteiger partial charge in [0, 0.05) is 18.5 Å². The number of carbonyl (C=O) groups excluding carboxylic acids is 3. The number of carboxylic acid groups (broad SMARTS) is 1. The molecule has 0 heterocycles. The Hall–Kier alpha value is -2.70. The standard InChI is InChI=1S/C14H15NO6/c1-8(16)3-6-12(17)15-9-4-5-10(14(20)21-2)11(7-9)13(18)19/h4-5,7H,3,6H2,1-2H3,(H,15,17)(H,18,19). The van der Waals surface area contributed by atoms with Crippen molar-refractivity contribution in [2.45, 2.75) is 19.8 Å². The van der Waals surface area contributed by atoms with Gasteiger partial charge in [-0.2, -0.15) is 0 Å². The molecule has 1 aromatic rings. The van der Waals surface area contributed by atoms with Gasteiger partial charge in [0.05, 0.1) is 18.2 Å². The number of carbonyl (C=O) groups is 4. The number of benzene rings is 1. The average molecular weight is 293 g/mol. The Bertz CT molecular complexity index is 593. The van der Waals surface area contributed by atoms with Gasteiger partial charge in [-0.25, -0.2) is 9.59 Å². The number of nitrogens with one attached hydrogen (secondary N) is 1. The summed E-state index contributed by atoms with van der Waals surface area (Å²) >= 11 is 0. The van der Waals surface area contributed by atoms with E-state index in [0.717, 1.165) is 7.11 Å². The minimum absolute atomic E-state index is 0.0104. The summed E-state index contributed by atoms with van der Waals surface area (Å²) in [5.74, 6) is -2.61. The van der Waals surface area contributed by atoms with Gasteiger partial charge < -0.3 is 20.0 Å². The summed E-state index contributed by atoms with van der Waals surface area (Å²) in [6, 6.07) is 3.82. The van der Waals surface area contributed by atoms with Gasteiger partial charge in [-0.05, 0) is 25.1 Å². The van der Waals surface area contributed by atoms with Gasteiger partial charge in [0.25, 0.3) is 0 Å². The minimum Gasteiger partial charge on any atom is -0.478 e. The molecule has 0 radical (unpaired) electrons. The van der Waals surface area contributed by atoms with Gasteiger partial charge in [-0.3, -0.25) is 4.79 Å². The SMILES string of the molecule is COC(=O)c1ccc(NC(=O)CCC(C)=O)cc1C(=O)O. The number of amides is 1. The Kier molecular flexibility index (Phi) is 5.59. The van der Waals surface area contributed by atoms with Gasteiger partial charge in [-0.15, -0.1) is 0 Å². The molecule has 0 saturated heterocycles. The van der Waals surface area contributed by atoms with E-state index < -0.39 is 17.8 Å². The highest BCUT2D eigenvalue weighted by molar-refractivity contribution is 6.04. The van der Waals surface area contributed by atoms with Crippen molar-refractivity contribution in [3.05, 3.63) is 29.3 Å². The molecule has 0 spiro atoms. The third-order valence-corrected chi connectivity index (χ3v) is 2.64. The van der Waals surface area contributed by atoms with Crippen molar-refractivity contribution in [1.29, 1.82) is 0 Å². The molecule has 0 aliphatic carbocycles. The second-order valence-electron chi connectivity index (χ2n) is 4.31. The second kappa shape index (κ2) is 7.18. The Balaban J connectivity index is 2.93. The predicted octanol–water partition coefficient (Wildman–Crippen LogP) is 1.48. The van der Waals surface area contributed by atoms with E-state index >= 15 is 0 Å². The lowest BCUT2D eigenvalue weighted by molar-refractivity contribution is -0.121. The van der Waals surface area contributed by atoms with E-state index in [2.05, 4.69) is 10.1 Å². The van der Waals surface area contributed by atoms with Crippen LogP contribution in [0.3, 0.4) is 0 Å². The Morgan fingerprint density at radius 3 is 2.33 bits per heavy atom. The van der Waals surface area contributed by atoms with Crippen molar-refractivity contribution in [2.24, 2.45) is 0 Å². The van der Waals surface area contributed by atoms with Gasteiger partial charge in [0.1, 0.15) is 5.78 Å². The van der Waals surface area contributed by atoms with Crippen LogP contribution in [-0.2, 0) is 14.3 Å². The molecule has 0 bridgehead atoms. The van der Waals surface area contributed by atoms with Crippen molar-refractivity contribution < 1.29 is 29.0 Å². The zero-order valence-electron chi connectivity index (χ0n) is 11.6. The number of anilines is 1. The van der Waals surface area contributed by atoms with Crippen LogP contribution >= 0.6 is 0 Å².